The minimum atomic E-state index is 0.286. The predicted octanol–water partition coefficient (Wildman–Crippen LogP) is 2.92. The van der Waals surface area contributed by atoms with Crippen LogP contribution in [0.2, 0.25) is 0 Å². The topological polar surface area (TPSA) is 51.1 Å². The van der Waals surface area contributed by atoms with Crippen molar-refractivity contribution in [1.82, 2.24) is 15.0 Å². The summed E-state index contributed by atoms with van der Waals surface area (Å²) in [4.78, 5) is 15.5. The second-order valence-electron chi connectivity index (χ2n) is 5.20. The average Bonchev–Trinajstić information content (AvgIpc) is 2.97. The Bertz CT molecular complexity index is 617. The zero-order chi connectivity index (χ0) is 14.7. The van der Waals surface area contributed by atoms with E-state index in [1.165, 1.54) is 0 Å². The van der Waals surface area contributed by atoms with Gasteiger partial charge in [0.05, 0.1) is 18.3 Å². The molecule has 110 valence electrons. The molecule has 1 atom stereocenters. The Kier molecular flexibility index (Phi) is 3.99. The minimum Gasteiger partial charge on any atom is -0.478 e. The SMILES string of the molecule is CCOc1cc(N2CCCC2c2cccc(C)n2)ncn1. The van der Waals surface area contributed by atoms with Crippen LogP contribution in [0.15, 0.2) is 30.6 Å². The Morgan fingerprint density at radius 2 is 2.24 bits per heavy atom. The first-order valence-electron chi connectivity index (χ1n) is 7.43. The summed E-state index contributed by atoms with van der Waals surface area (Å²) in [5, 5.41) is 0. The molecule has 0 bridgehead atoms. The number of hydrogen-bond acceptors (Lipinski definition) is 5. The molecule has 5 nitrogen and oxygen atoms in total. The van der Waals surface area contributed by atoms with Gasteiger partial charge in [-0.3, -0.25) is 4.98 Å². The van der Waals surface area contributed by atoms with Crippen LogP contribution in [0.25, 0.3) is 0 Å². The number of rotatable bonds is 4. The standard InChI is InChI=1S/C16H20N4O/c1-3-21-16-10-15(17-11-18-16)20-9-5-8-14(20)13-7-4-6-12(2)19-13/h4,6-7,10-11,14H,3,5,8-9H2,1-2H3. The summed E-state index contributed by atoms with van der Waals surface area (Å²) in [6, 6.07) is 8.40. The van der Waals surface area contributed by atoms with Gasteiger partial charge in [-0.1, -0.05) is 6.07 Å². The largest absolute Gasteiger partial charge is 0.478 e. The van der Waals surface area contributed by atoms with E-state index in [-0.39, 0.29) is 6.04 Å². The smallest absolute Gasteiger partial charge is 0.218 e. The van der Waals surface area contributed by atoms with Gasteiger partial charge in [0.25, 0.3) is 0 Å². The highest BCUT2D eigenvalue weighted by Gasteiger charge is 2.28. The van der Waals surface area contributed by atoms with Gasteiger partial charge in [-0.25, -0.2) is 9.97 Å². The van der Waals surface area contributed by atoms with Crippen LogP contribution in [-0.2, 0) is 0 Å². The second-order valence-corrected chi connectivity index (χ2v) is 5.20. The molecule has 3 heterocycles. The lowest BCUT2D eigenvalue weighted by molar-refractivity contribution is 0.326. The number of aromatic nitrogens is 3. The first-order chi connectivity index (χ1) is 10.3. The molecule has 1 aliphatic heterocycles. The molecule has 1 unspecified atom stereocenters. The normalized spacial score (nSPS) is 18.0. The van der Waals surface area contributed by atoms with E-state index in [9.17, 15) is 0 Å². The van der Waals surface area contributed by atoms with E-state index in [0.717, 1.165) is 36.6 Å². The molecule has 1 saturated heterocycles. The molecule has 5 heteroatoms. The van der Waals surface area contributed by atoms with Crippen LogP contribution in [0.5, 0.6) is 5.88 Å². The Balaban J connectivity index is 1.88. The van der Waals surface area contributed by atoms with Crippen molar-refractivity contribution in [3.8, 4) is 5.88 Å². The lowest BCUT2D eigenvalue weighted by Crippen LogP contribution is -2.24. The second kappa shape index (κ2) is 6.08. The molecule has 21 heavy (non-hydrogen) atoms. The van der Waals surface area contributed by atoms with E-state index in [0.29, 0.717) is 12.5 Å². The highest BCUT2D eigenvalue weighted by atomic mass is 16.5. The predicted molar refractivity (Wildman–Crippen MR) is 81.5 cm³/mol. The van der Waals surface area contributed by atoms with Gasteiger partial charge in [0, 0.05) is 18.3 Å². The Morgan fingerprint density at radius 1 is 1.33 bits per heavy atom. The van der Waals surface area contributed by atoms with E-state index in [2.05, 4.69) is 32.0 Å². The monoisotopic (exact) mass is 284 g/mol. The third kappa shape index (κ3) is 2.96. The van der Waals surface area contributed by atoms with Crippen LogP contribution in [0.4, 0.5) is 5.82 Å². The molecule has 0 aromatic carbocycles. The van der Waals surface area contributed by atoms with Gasteiger partial charge in [0.2, 0.25) is 5.88 Å². The Hall–Kier alpha value is -2.17. The summed E-state index contributed by atoms with van der Waals surface area (Å²) in [6.45, 7) is 5.58. The van der Waals surface area contributed by atoms with Crippen LogP contribution in [0.1, 0.15) is 37.2 Å². The number of aryl methyl sites for hydroxylation is 1. The molecular weight excluding hydrogens is 264 g/mol. The Morgan fingerprint density at radius 3 is 3.05 bits per heavy atom. The molecule has 0 amide bonds. The van der Waals surface area contributed by atoms with Crippen molar-refractivity contribution in [1.29, 1.82) is 0 Å². The van der Waals surface area contributed by atoms with Crippen LogP contribution in [0, 0.1) is 6.92 Å². The fraction of sp³-hybridized carbons (Fsp3) is 0.438. The van der Waals surface area contributed by atoms with Crippen molar-refractivity contribution in [2.45, 2.75) is 32.7 Å². The third-order valence-corrected chi connectivity index (χ3v) is 3.72. The summed E-state index contributed by atoms with van der Waals surface area (Å²) >= 11 is 0. The highest BCUT2D eigenvalue weighted by molar-refractivity contribution is 5.44. The lowest BCUT2D eigenvalue weighted by atomic mass is 10.1. The summed E-state index contributed by atoms with van der Waals surface area (Å²) in [5.74, 6) is 1.55. The third-order valence-electron chi connectivity index (χ3n) is 3.72. The molecule has 0 aliphatic carbocycles. The van der Waals surface area contributed by atoms with Crippen molar-refractivity contribution in [2.24, 2.45) is 0 Å². The zero-order valence-electron chi connectivity index (χ0n) is 12.5. The summed E-state index contributed by atoms with van der Waals surface area (Å²) in [7, 11) is 0. The number of nitrogens with zero attached hydrogens (tertiary/aromatic N) is 4. The van der Waals surface area contributed by atoms with E-state index < -0.39 is 0 Å². The molecule has 3 rings (SSSR count). The van der Waals surface area contributed by atoms with Gasteiger partial charge in [0.1, 0.15) is 12.1 Å². The fourth-order valence-electron chi connectivity index (χ4n) is 2.81. The van der Waals surface area contributed by atoms with Crippen molar-refractivity contribution < 1.29 is 4.74 Å². The molecule has 0 saturated carbocycles. The molecule has 1 aliphatic rings. The van der Waals surface area contributed by atoms with Crippen molar-refractivity contribution in [3.05, 3.63) is 42.0 Å². The van der Waals surface area contributed by atoms with Gasteiger partial charge in [0.15, 0.2) is 0 Å². The van der Waals surface area contributed by atoms with Gasteiger partial charge in [-0.15, -0.1) is 0 Å². The Labute approximate surface area is 125 Å². The average molecular weight is 284 g/mol. The summed E-state index contributed by atoms with van der Waals surface area (Å²) in [6.07, 6.45) is 3.82. The van der Waals surface area contributed by atoms with E-state index in [1.807, 2.05) is 26.0 Å². The van der Waals surface area contributed by atoms with Gasteiger partial charge >= 0.3 is 0 Å². The van der Waals surface area contributed by atoms with Crippen LogP contribution in [0.3, 0.4) is 0 Å². The zero-order valence-corrected chi connectivity index (χ0v) is 12.5. The van der Waals surface area contributed by atoms with Gasteiger partial charge in [-0.2, -0.15) is 0 Å². The maximum atomic E-state index is 5.47. The maximum Gasteiger partial charge on any atom is 0.218 e. The van der Waals surface area contributed by atoms with Crippen molar-refractivity contribution in [2.75, 3.05) is 18.1 Å². The van der Waals surface area contributed by atoms with Crippen LogP contribution < -0.4 is 9.64 Å². The summed E-state index contributed by atoms with van der Waals surface area (Å²) < 4.78 is 5.47. The maximum absolute atomic E-state index is 5.47. The number of anilines is 1. The van der Waals surface area contributed by atoms with Crippen molar-refractivity contribution >= 4 is 5.82 Å². The highest BCUT2D eigenvalue weighted by Crippen LogP contribution is 2.34. The van der Waals surface area contributed by atoms with Crippen LogP contribution in [-0.4, -0.2) is 28.1 Å². The molecular formula is C16H20N4O. The molecule has 2 aromatic heterocycles. The molecule has 0 radical (unpaired) electrons. The molecule has 1 fully saturated rings. The molecule has 2 aromatic rings. The number of hydrogen-bond donors (Lipinski definition) is 0. The minimum absolute atomic E-state index is 0.286. The first-order valence-corrected chi connectivity index (χ1v) is 7.43. The van der Waals surface area contributed by atoms with E-state index in [4.69, 9.17) is 4.74 Å². The van der Waals surface area contributed by atoms with Gasteiger partial charge in [-0.05, 0) is 38.8 Å². The number of pyridine rings is 1. The first kappa shape index (κ1) is 13.8. The molecule has 0 N–H and O–H groups in total. The quantitative estimate of drug-likeness (QED) is 0.864. The van der Waals surface area contributed by atoms with E-state index in [1.54, 1.807) is 6.33 Å². The molecule has 0 spiro atoms. The van der Waals surface area contributed by atoms with Crippen molar-refractivity contribution in [3.63, 3.8) is 0 Å². The van der Waals surface area contributed by atoms with Gasteiger partial charge < -0.3 is 9.64 Å². The number of ether oxygens (including phenoxy) is 1. The summed E-state index contributed by atoms with van der Waals surface area (Å²) in [5.41, 5.74) is 2.17. The van der Waals surface area contributed by atoms with Crippen LogP contribution >= 0.6 is 0 Å². The lowest BCUT2D eigenvalue weighted by Gasteiger charge is -2.25. The van der Waals surface area contributed by atoms with E-state index >= 15 is 0 Å². The fourth-order valence-corrected chi connectivity index (χ4v) is 2.81.